The molecule has 1 rings (SSSR count). The Morgan fingerprint density at radius 2 is 2.27 bits per heavy atom. The summed E-state index contributed by atoms with van der Waals surface area (Å²) >= 11 is 1.42. The molecule has 1 heterocycles. The molecule has 6 heteroatoms. The minimum atomic E-state index is -0.522. The van der Waals surface area contributed by atoms with Crippen LogP contribution in [0.4, 0.5) is 5.82 Å². The SMILES string of the molecule is CSc1ncc(C(N)=O)c(NC(C)C)n1. The van der Waals surface area contributed by atoms with Crippen LogP contribution in [-0.2, 0) is 0 Å². The molecule has 1 amide bonds. The first-order chi connectivity index (χ1) is 7.04. The van der Waals surface area contributed by atoms with Crippen molar-refractivity contribution in [2.45, 2.75) is 25.0 Å². The highest BCUT2D eigenvalue weighted by Crippen LogP contribution is 2.16. The van der Waals surface area contributed by atoms with Crippen LogP contribution in [-0.4, -0.2) is 28.2 Å². The van der Waals surface area contributed by atoms with Gasteiger partial charge in [0.2, 0.25) is 0 Å². The number of carbonyl (C=O) groups excluding carboxylic acids is 1. The highest BCUT2D eigenvalue weighted by atomic mass is 32.2. The summed E-state index contributed by atoms with van der Waals surface area (Å²) < 4.78 is 0. The maximum absolute atomic E-state index is 11.1. The summed E-state index contributed by atoms with van der Waals surface area (Å²) in [4.78, 5) is 19.3. The quantitative estimate of drug-likeness (QED) is 0.594. The van der Waals surface area contributed by atoms with E-state index in [9.17, 15) is 4.79 Å². The summed E-state index contributed by atoms with van der Waals surface area (Å²) in [6, 6.07) is 0.188. The van der Waals surface area contributed by atoms with Crippen LogP contribution in [0.15, 0.2) is 11.4 Å². The van der Waals surface area contributed by atoms with Gasteiger partial charge in [0.15, 0.2) is 5.16 Å². The fourth-order valence-electron chi connectivity index (χ4n) is 1.03. The van der Waals surface area contributed by atoms with Crippen LogP contribution in [0.5, 0.6) is 0 Å². The Kier molecular flexibility index (Phi) is 3.90. The average molecular weight is 226 g/mol. The van der Waals surface area contributed by atoms with Crippen LogP contribution in [0.2, 0.25) is 0 Å². The number of hydrogen-bond donors (Lipinski definition) is 2. The minimum Gasteiger partial charge on any atom is -0.367 e. The van der Waals surface area contributed by atoms with Crippen molar-refractivity contribution in [3.63, 3.8) is 0 Å². The molecule has 15 heavy (non-hydrogen) atoms. The van der Waals surface area contributed by atoms with E-state index in [4.69, 9.17) is 5.73 Å². The Hall–Kier alpha value is -1.30. The highest BCUT2D eigenvalue weighted by Gasteiger charge is 2.12. The molecule has 1 aromatic heterocycles. The van der Waals surface area contributed by atoms with Gasteiger partial charge >= 0.3 is 0 Å². The lowest BCUT2D eigenvalue weighted by molar-refractivity contribution is 0.1000. The van der Waals surface area contributed by atoms with Gasteiger partial charge < -0.3 is 11.1 Å². The van der Waals surface area contributed by atoms with E-state index in [-0.39, 0.29) is 6.04 Å². The largest absolute Gasteiger partial charge is 0.367 e. The van der Waals surface area contributed by atoms with E-state index in [0.29, 0.717) is 16.5 Å². The minimum absolute atomic E-state index is 0.188. The number of thioether (sulfide) groups is 1. The molecule has 0 radical (unpaired) electrons. The molecule has 0 aliphatic rings. The standard InChI is InChI=1S/C9H14N4OS/c1-5(2)12-8-6(7(10)14)4-11-9(13-8)15-3/h4-5H,1-3H3,(H2,10,14)(H,11,12,13). The van der Waals surface area contributed by atoms with Gasteiger partial charge in [-0.3, -0.25) is 4.79 Å². The van der Waals surface area contributed by atoms with E-state index in [1.165, 1.54) is 18.0 Å². The van der Waals surface area contributed by atoms with E-state index in [2.05, 4.69) is 15.3 Å². The molecule has 0 atom stereocenters. The molecule has 0 aliphatic carbocycles. The van der Waals surface area contributed by atoms with Crippen molar-refractivity contribution in [3.05, 3.63) is 11.8 Å². The molecule has 3 N–H and O–H groups in total. The van der Waals surface area contributed by atoms with Gasteiger partial charge in [0, 0.05) is 12.2 Å². The number of primary amides is 1. The lowest BCUT2D eigenvalue weighted by atomic mass is 10.3. The van der Waals surface area contributed by atoms with E-state index < -0.39 is 5.91 Å². The Morgan fingerprint density at radius 3 is 2.73 bits per heavy atom. The molecule has 0 unspecified atom stereocenters. The zero-order valence-corrected chi connectivity index (χ0v) is 9.76. The van der Waals surface area contributed by atoms with E-state index >= 15 is 0 Å². The molecule has 0 aliphatic heterocycles. The smallest absolute Gasteiger partial charge is 0.254 e. The molecule has 0 saturated heterocycles. The van der Waals surface area contributed by atoms with Crippen LogP contribution in [0.1, 0.15) is 24.2 Å². The summed E-state index contributed by atoms with van der Waals surface area (Å²) in [5, 5.41) is 3.68. The second-order valence-corrected chi connectivity index (χ2v) is 4.06. The van der Waals surface area contributed by atoms with E-state index in [1.807, 2.05) is 20.1 Å². The maximum atomic E-state index is 11.1. The average Bonchev–Trinajstić information content (AvgIpc) is 2.16. The monoisotopic (exact) mass is 226 g/mol. The van der Waals surface area contributed by atoms with Crippen molar-refractivity contribution in [2.24, 2.45) is 5.73 Å². The molecular formula is C9H14N4OS. The van der Waals surface area contributed by atoms with Crippen LogP contribution in [0.3, 0.4) is 0 Å². The topological polar surface area (TPSA) is 80.9 Å². The lowest BCUT2D eigenvalue weighted by Crippen LogP contribution is -2.19. The number of carbonyl (C=O) groups is 1. The van der Waals surface area contributed by atoms with Gasteiger partial charge in [0.25, 0.3) is 5.91 Å². The predicted molar refractivity (Wildman–Crippen MR) is 61.1 cm³/mol. The Labute approximate surface area is 92.9 Å². The number of aromatic nitrogens is 2. The summed E-state index contributed by atoms with van der Waals surface area (Å²) in [7, 11) is 0. The first kappa shape index (κ1) is 11.8. The second kappa shape index (κ2) is 4.97. The number of nitrogens with zero attached hydrogens (tertiary/aromatic N) is 2. The molecule has 82 valence electrons. The summed E-state index contributed by atoms with van der Waals surface area (Å²) in [6.07, 6.45) is 3.32. The molecule has 0 saturated carbocycles. The van der Waals surface area contributed by atoms with Gasteiger partial charge in [-0.1, -0.05) is 11.8 Å². The van der Waals surface area contributed by atoms with Crippen molar-refractivity contribution in [2.75, 3.05) is 11.6 Å². The van der Waals surface area contributed by atoms with Gasteiger partial charge in [0.05, 0.1) is 5.56 Å². The maximum Gasteiger partial charge on any atom is 0.254 e. The van der Waals surface area contributed by atoms with Crippen molar-refractivity contribution >= 4 is 23.5 Å². The first-order valence-corrected chi connectivity index (χ1v) is 5.74. The van der Waals surface area contributed by atoms with Crippen molar-refractivity contribution in [3.8, 4) is 0 Å². The van der Waals surface area contributed by atoms with E-state index in [0.717, 1.165) is 0 Å². The van der Waals surface area contributed by atoms with E-state index in [1.54, 1.807) is 0 Å². The van der Waals surface area contributed by atoms with Gasteiger partial charge in [-0.25, -0.2) is 9.97 Å². The molecule has 1 aromatic rings. The normalized spacial score (nSPS) is 10.4. The van der Waals surface area contributed by atoms with Gasteiger partial charge in [0.1, 0.15) is 5.82 Å². The number of hydrogen-bond acceptors (Lipinski definition) is 5. The number of anilines is 1. The summed E-state index contributed by atoms with van der Waals surface area (Å²) in [5.41, 5.74) is 5.54. The Morgan fingerprint density at radius 1 is 1.60 bits per heavy atom. The van der Waals surface area contributed by atoms with Crippen LogP contribution >= 0.6 is 11.8 Å². The number of nitrogens with two attached hydrogens (primary N) is 1. The molecular weight excluding hydrogens is 212 g/mol. The molecule has 0 bridgehead atoms. The second-order valence-electron chi connectivity index (χ2n) is 3.28. The zero-order valence-electron chi connectivity index (χ0n) is 8.94. The van der Waals surface area contributed by atoms with Crippen LogP contribution in [0, 0.1) is 0 Å². The predicted octanol–water partition coefficient (Wildman–Crippen LogP) is 1.12. The van der Waals surface area contributed by atoms with Gasteiger partial charge in [-0.05, 0) is 20.1 Å². The van der Waals surface area contributed by atoms with Crippen LogP contribution in [0.25, 0.3) is 0 Å². The van der Waals surface area contributed by atoms with Gasteiger partial charge in [-0.15, -0.1) is 0 Å². The fraction of sp³-hybridized carbons (Fsp3) is 0.444. The third-order valence-corrected chi connectivity index (χ3v) is 2.20. The number of nitrogens with one attached hydrogen (secondary N) is 1. The Balaban J connectivity index is 3.10. The van der Waals surface area contributed by atoms with Crippen molar-refractivity contribution in [1.82, 2.24) is 9.97 Å². The third kappa shape index (κ3) is 3.09. The Bertz CT molecular complexity index is 367. The lowest BCUT2D eigenvalue weighted by Gasteiger charge is -2.12. The molecule has 0 aromatic carbocycles. The number of rotatable bonds is 4. The molecule has 0 spiro atoms. The zero-order chi connectivity index (χ0) is 11.4. The summed E-state index contributed by atoms with van der Waals surface area (Å²) in [5.74, 6) is -0.0253. The van der Waals surface area contributed by atoms with Crippen molar-refractivity contribution in [1.29, 1.82) is 0 Å². The van der Waals surface area contributed by atoms with Crippen LogP contribution < -0.4 is 11.1 Å². The van der Waals surface area contributed by atoms with Gasteiger partial charge in [-0.2, -0.15) is 0 Å². The number of amides is 1. The molecule has 0 fully saturated rings. The first-order valence-electron chi connectivity index (χ1n) is 4.52. The third-order valence-electron chi connectivity index (χ3n) is 1.64. The summed E-state index contributed by atoms with van der Waals surface area (Å²) in [6.45, 7) is 3.93. The molecule has 5 nitrogen and oxygen atoms in total. The highest BCUT2D eigenvalue weighted by molar-refractivity contribution is 7.98. The fourth-order valence-corrected chi connectivity index (χ4v) is 1.37. The van der Waals surface area contributed by atoms with Crippen molar-refractivity contribution < 1.29 is 4.79 Å².